The van der Waals surface area contributed by atoms with E-state index in [4.69, 9.17) is 0 Å². The normalized spacial score (nSPS) is 20.8. The van der Waals surface area contributed by atoms with Gasteiger partial charge < -0.3 is 20.0 Å². The first-order valence-corrected chi connectivity index (χ1v) is 11.0. The highest BCUT2D eigenvalue weighted by atomic mass is 16.2. The highest BCUT2D eigenvalue weighted by molar-refractivity contribution is 5.97. The van der Waals surface area contributed by atoms with Crippen LogP contribution in [0.15, 0.2) is 11.6 Å². The third-order valence-electron chi connectivity index (χ3n) is 6.08. The summed E-state index contributed by atoms with van der Waals surface area (Å²) in [7, 11) is 1.67. The van der Waals surface area contributed by atoms with Crippen LogP contribution < -0.4 is 5.32 Å². The van der Waals surface area contributed by atoms with E-state index in [1.54, 1.807) is 23.8 Å². The minimum absolute atomic E-state index is 0.0704. The van der Waals surface area contributed by atoms with Crippen molar-refractivity contribution in [1.29, 1.82) is 0 Å². The Hall–Kier alpha value is -2.38. The molecule has 0 aromatic carbocycles. The maximum Gasteiger partial charge on any atom is 0.249 e. The van der Waals surface area contributed by atoms with Crippen molar-refractivity contribution in [2.45, 2.75) is 65.0 Å². The van der Waals surface area contributed by atoms with Crippen LogP contribution in [-0.4, -0.2) is 84.1 Å². The molecule has 4 amide bonds. The fourth-order valence-electron chi connectivity index (χ4n) is 4.32. The van der Waals surface area contributed by atoms with Crippen LogP contribution in [0.25, 0.3) is 0 Å². The zero-order valence-electron chi connectivity index (χ0n) is 18.7. The zero-order valence-corrected chi connectivity index (χ0v) is 18.7. The fraction of sp³-hybridized carbons (Fsp3) is 0.727. The second-order valence-electron chi connectivity index (χ2n) is 8.63. The number of likely N-dealkylation sites (tertiary alicyclic amines) is 2. The molecule has 2 atom stereocenters. The molecule has 30 heavy (non-hydrogen) atoms. The minimum atomic E-state index is -0.382. The summed E-state index contributed by atoms with van der Waals surface area (Å²) in [6, 6.07) is -0.665. The third-order valence-corrected chi connectivity index (χ3v) is 6.08. The van der Waals surface area contributed by atoms with Gasteiger partial charge in [0.2, 0.25) is 24.1 Å². The van der Waals surface area contributed by atoms with Gasteiger partial charge in [-0.2, -0.15) is 0 Å². The zero-order chi connectivity index (χ0) is 22.3. The second-order valence-corrected chi connectivity index (χ2v) is 8.63. The Kier molecular flexibility index (Phi) is 8.87. The number of piperidine rings is 1. The molecule has 2 aliphatic rings. The number of amides is 4. The van der Waals surface area contributed by atoms with Gasteiger partial charge in [-0.25, -0.2) is 0 Å². The van der Waals surface area contributed by atoms with E-state index in [0.717, 1.165) is 38.8 Å². The number of carbonyl (C=O) groups excluding carboxylic acids is 4. The maximum absolute atomic E-state index is 13.2. The maximum atomic E-state index is 13.2. The van der Waals surface area contributed by atoms with Gasteiger partial charge >= 0.3 is 0 Å². The highest BCUT2D eigenvalue weighted by Crippen LogP contribution is 2.24. The summed E-state index contributed by atoms with van der Waals surface area (Å²) < 4.78 is 0. The molecule has 168 valence electrons. The van der Waals surface area contributed by atoms with Gasteiger partial charge in [0, 0.05) is 32.3 Å². The number of nitrogens with zero attached hydrogens (tertiary/aromatic N) is 3. The predicted molar refractivity (Wildman–Crippen MR) is 114 cm³/mol. The fourth-order valence-corrected chi connectivity index (χ4v) is 4.32. The Morgan fingerprint density at radius 2 is 1.77 bits per heavy atom. The van der Waals surface area contributed by atoms with Crippen LogP contribution in [0, 0.1) is 5.92 Å². The molecule has 1 N–H and O–H groups in total. The SMILES string of the molecule is CC(=C[C@H](C(C)C)N(C)C(=O)CNC=O)C(=O)N1CCC[C@H]1C(=O)N1CCCCC1. The molecule has 0 saturated carbocycles. The average molecular weight is 421 g/mol. The van der Waals surface area contributed by atoms with Crippen molar-refractivity contribution >= 4 is 24.1 Å². The first-order valence-electron chi connectivity index (χ1n) is 11.0. The van der Waals surface area contributed by atoms with Gasteiger partial charge in [0.15, 0.2) is 0 Å². The molecule has 0 unspecified atom stereocenters. The third kappa shape index (κ3) is 5.83. The standard InChI is InChI=1S/C22H36N4O4/c1-16(2)19(24(4)20(28)14-23-15-27)13-17(3)21(29)26-12-8-9-18(26)22(30)25-10-6-5-7-11-25/h13,15-16,18-19H,5-12,14H2,1-4H3,(H,23,27)/t18-,19+/m0/s1. The van der Waals surface area contributed by atoms with Crippen LogP contribution in [0.4, 0.5) is 0 Å². The molecule has 2 rings (SSSR count). The average Bonchev–Trinajstić information content (AvgIpc) is 3.24. The lowest BCUT2D eigenvalue weighted by Crippen LogP contribution is -2.49. The smallest absolute Gasteiger partial charge is 0.249 e. The molecule has 0 radical (unpaired) electrons. The monoisotopic (exact) mass is 420 g/mol. The quantitative estimate of drug-likeness (QED) is 0.471. The predicted octanol–water partition coefficient (Wildman–Crippen LogP) is 1.17. The summed E-state index contributed by atoms with van der Waals surface area (Å²) in [5.41, 5.74) is 0.537. The van der Waals surface area contributed by atoms with E-state index in [1.165, 1.54) is 0 Å². The van der Waals surface area contributed by atoms with E-state index < -0.39 is 0 Å². The Balaban J connectivity index is 2.12. The summed E-state index contributed by atoms with van der Waals surface area (Å²) in [5, 5.41) is 2.38. The molecule has 8 nitrogen and oxygen atoms in total. The van der Waals surface area contributed by atoms with Gasteiger partial charge in [0.1, 0.15) is 6.04 Å². The summed E-state index contributed by atoms with van der Waals surface area (Å²) in [5.74, 6) is -0.208. The van der Waals surface area contributed by atoms with E-state index in [1.807, 2.05) is 24.8 Å². The summed E-state index contributed by atoms with van der Waals surface area (Å²) >= 11 is 0. The second kappa shape index (κ2) is 11.1. The van der Waals surface area contributed by atoms with Gasteiger partial charge in [0.05, 0.1) is 12.6 Å². The van der Waals surface area contributed by atoms with Crippen LogP contribution in [0.1, 0.15) is 52.9 Å². The molecule has 2 saturated heterocycles. The lowest BCUT2D eigenvalue weighted by molar-refractivity contribution is -0.142. The molecule has 0 spiro atoms. The van der Waals surface area contributed by atoms with E-state index in [9.17, 15) is 19.2 Å². The van der Waals surface area contributed by atoms with Crippen LogP contribution >= 0.6 is 0 Å². The topological polar surface area (TPSA) is 90.0 Å². The molecule has 0 bridgehead atoms. The van der Waals surface area contributed by atoms with Crippen molar-refractivity contribution in [3.05, 3.63) is 11.6 Å². The first kappa shape index (κ1) is 23.9. The number of rotatable bonds is 8. The van der Waals surface area contributed by atoms with Crippen LogP contribution in [0.5, 0.6) is 0 Å². The number of hydrogen-bond donors (Lipinski definition) is 1. The van der Waals surface area contributed by atoms with E-state index in [-0.39, 0.29) is 42.3 Å². The van der Waals surface area contributed by atoms with Crippen molar-refractivity contribution < 1.29 is 19.2 Å². The van der Waals surface area contributed by atoms with Gasteiger partial charge in [-0.3, -0.25) is 19.2 Å². The molecular weight excluding hydrogens is 384 g/mol. The van der Waals surface area contributed by atoms with Crippen LogP contribution in [0.3, 0.4) is 0 Å². The van der Waals surface area contributed by atoms with Crippen LogP contribution in [-0.2, 0) is 19.2 Å². The Bertz CT molecular complexity index is 670. The lowest BCUT2D eigenvalue weighted by Gasteiger charge is -2.33. The Labute approximate surface area is 179 Å². The summed E-state index contributed by atoms with van der Waals surface area (Å²) in [4.78, 5) is 54.1. The molecule has 2 aliphatic heterocycles. The summed E-state index contributed by atoms with van der Waals surface area (Å²) in [6.45, 7) is 7.77. The highest BCUT2D eigenvalue weighted by Gasteiger charge is 2.37. The number of nitrogens with one attached hydrogen (secondary N) is 1. The molecule has 2 fully saturated rings. The number of hydrogen-bond acceptors (Lipinski definition) is 4. The van der Waals surface area contributed by atoms with Gasteiger partial charge in [0.25, 0.3) is 0 Å². The Morgan fingerprint density at radius 1 is 1.10 bits per heavy atom. The van der Waals surface area contributed by atoms with Crippen LogP contribution in [0.2, 0.25) is 0 Å². The molecule has 0 aromatic rings. The van der Waals surface area contributed by atoms with E-state index >= 15 is 0 Å². The lowest BCUT2D eigenvalue weighted by atomic mass is 9.99. The molecule has 2 heterocycles. The molecule has 0 aliphatic carbocycles. The molecular formula is C22H36N4O4. The minimum Gasteiger partial charge on any atom is -0.350 e. The van der Waals surface area contributed by atoms with Crippen molar-refractivity contribution in [3.8, 4) is 0 Å². The van der Waals surface area contributed by atoms with Crippen molar-refractivity contribution in [3.63, 3.8) is 0 Å². The van der Waals surface area contributed by atoms with Gasteiger partial charge in [-0.05, 0) is 44.9 Å². The van der Waals surface area contributed by atoms with Crippen molar-refractivity contribution in [2.75, 3.05) is 33.2 Å². The van der Waals surface area contributed by atoms with Gasteiger partial charge in [-0.15, -0.1) is 0 Å². The van der Waals surface area contributed by atoms with E-state index in [2.05, 4.69) is 5.32 Å². The van der Waals surface area contributed by atoms with Gasteiger partial charge in [-0.1, -0.05) is 19.9 Å². The summed E-state index contributed by atoms with van der Waals surface area (Å²) in [6.07, 6.45) is 7.05. The first-order chi connectivity index (χ1) is 14.3. The molecule has 8 heteroatoms. The number of carbonyl (C=O) groups is 4. The van der Waals surface area contributed by atoms with Crippen molar-refractivity contribution in [2.24, 2.45) is 5.92 Å². The number of likely N-dealkylation sites (N-methyl/N-ethyl adjacent to an activating group) is 1. The Morgan fingerprint density at radius 3 is 2.37 bits per heavy atom. The largest absolute Gasteiger partial charge is 0.350 e. The van der Waals surface area contributed by atoms with E-state index in [0.29, 0.717) is 24.9 Å². The molecule has 0 aromatic heterocycles. The van der Waals surface area contributed by atoms with Crippen molar-refractivity contribution in [1.82, 2.24) is 20.0 Å².